The fraction of sp³-hybridized carbons (Fsp3) is 0.381. The molecule has 6 heteroatoms. The Morgan fingerprint density at radius 3 is 2.07 bits per heavy atom. The van der Waals surface area contributed by atoms with Gasteiger partial charge in [0.25, 0.3) is 5.91 Å². The number of anilines is 1. The molecule has 1 aliphatic rings. The fourth-order valence-corrected chi connectivity index (χ4v) is 3.28. The van der Waals surface area contributed by atoms with Crippen LogP contribution >= 0.6 is 0 Å². The number of methoxy groups -OCH3 is 2. The molecule has 1 heterocycles. The lowest BCUT2D eigenvalue weighted by atomic mass is 10.2. The number of piperazine rings is 1. The molecule has 2 aromatic rings. The van der Waals surface area contributed by atoms with E-state index in [0.29, 0.717) is 13.1 Å². The Kier molecular flexibility index (Phi) is 6.54. The number of benzene rings is 2. The van der Waals surface area contributed by atoms with E-state index in [-0.39, 0.29) is 5.91 Å². The van der Waals surface area contributed by atoms with Crippen LogP contribution in [0.5, 0.6) is 11.5 Å². The lowest BCUT2D eigenvalue weighted by molar-refractivity contribution is -0.892. The van der Waals surface area contributed by atoms with E-state index in [2.05, 4.69) is 22.3 Å². The molecule has 3 rings (SSSR count). The van der Waals surface area contributed by atoms with Crippen LogP contribution in [0.3, 0.4) is 0 Å². The first-order valence-electron chi connectivity index (χ1n) is 9.30. The minimum atomic E-state index is 0.0960. The normalized spacial score (nSPS) is 14.7. The van der Waals surface area contributed by atoms with Gasteiger partial charge in [-0.1, -0.05) is 12.1 Å². The zero-order chi connectivity index (χ0) is 19.1. The first-order valence-corrected chi connectivity index (χ1v) is 9.30. The maximum atomic E-state index is 12.2. The zero-order valence-electron chi connectivity index (χ0n) is 16.0. The molecule has 2 aromatic carbocycles. The van der Waals surface area contributed by atoms with Gasteiger partial charge in [0, 0.05) is 12.2 Å². The number of nitrogens with one attached hydrogen (secondary N) is 2. The Balaban J connectivity index is 1.40. The summed E-state index contributed by atoms with van der Waals surface area (Å²) < 4.78 is 10.4. The molecule has 0 aliphatic carbocycles. The largest absolute Gasteiger partial charge is 0.497 e. The predicted octanol–water partition coefficient (Wildman–Crippen LogP) is 0.725. The first-order chi connectivity index (χ1) is 13.2. The van der Waals surface area contributed by atoms with E-state index in [9.17, 15) is 4.79 Å². The van der Waals surface area contributed by atoms with E-state index in [4.69, 9.17) is 9.47 Å². The highest BCUT2D eigenvalue weighted by atomic mass is 16.5. The third-order valence-corrected chi connectivity index (χ3v) is 4.97. The van der Waals surface area contributed by atoms with E-state index in [1.54, 1.807) is 14.2 Å². The van der Waals surface area contributed by atoms with E-state index in [1.165, 1.54) is 10.6 Å². The monoisotopic (exact) mass is 370 g/mol. The number of hydrogen-bond acceptors (Lipinski definition) is 4. The Morgan fingerprint density at radius 2 is 1.52 bits per heavy atom. The number of amides is 1. The van der Waals surface area contributed by atoms with Gasteiger partial charge in [0.15, 0.2) is 6.54 Å². The van der Waals surface area contributed by atoms with Crippen molar-refractivity contribution < 1.29 is 19.2 Å². The van der Waals surface area contributed by atoms with Crippen LogP contribution in [0.2, 0.25) is 0 Å². The topological polar surface area (TPSA) is 55.2 Å². The predicted molar refractivity (Wildman–Crippen MR) is 106 cm³/mol. The van der Waals surface area contributed by atoms with Crippen molar-refractivity contribution in [3.05, 3.63) is 54.1 Å². The van der Waals surface area contributed by atoms with Crippen LogP contribution in [0.1, 0.15) is 5.56 Å². The summed E-state index contributed by atoms with van der Waals surface area (Å²) >= 11 is 0. The summed E-state index contributed by atoms with van der Waals surface area (Å²) in [6.07, 6.45) is 0. The SMILES string of the molecule is COc1ccc(CNC(=O)C[NH+]2CCN(c3ccc(OC)cc3)CC2)cc1. The van der Waals surface area contributed by atoms with Crippen molar-refractivity contribution in [1.29, 1.82) is 0 Å². The van der Waals surface area contributed by atoms with Gasteiger partial charge in [0.2, 0.25) is 0 Å². The lowest BCUT2D eigenvalue weighted by Crippen LogP contribution is -3.15. The van der Waals surface area contributed by atoms with Crippen LogP contribution in [0.4, 0.5) is 5.69 Å². The van der Waals surface area contributed by atoms with Crippen molar-refractivity contribution in [1.82, 2.24) is 5.32 Å². The third-order valence-electron chi connectivity index (χ3n) is 4.97. The molecule has 0 bridgehead atoms. The van der Waals surface area contributed by atoms with Gasteiger partial charge in [-0.05, 0) is 42.0 Å². The average Bonchev–Trinajstić information content (AvgIpc) is 2.73. The third kappa shape index (κ3) is 5.37. The maximum Gasteiger partial charge on any atom is 0.275 e. The van der Waals surface area contributed by atoms with Crippen molar-refractivity contribution in [2.75, 3.05) is 51.8 Å². The summed E-state index contributed by atoms with van der Waals surface area (Å²) in [5, 5.41) is 3.01. The van der Waals surface area contributed by atoms with Gasteiger partial charge in [-0.25, -0.2) is 0 Å². The highest BCUT2D eigenvalue weighted by Crippen LogP contribution is 2.18. The second-order valence-corrected chi connectivity index (χ2v) is 6.74. The second-order valence-electron chi connectivity index (χ2n) is 6.74. The summed E-state index contributed by atoms with van der Waals surface area (Å²) in [6, 6.07) is 15.9. The van der Waals surface area contributed by atoms with Gasteiger partial charge >= 0.3 is 0 Å². The number of carbonyl (C=O) groups is 1. The Hall–Kier alpha value is -2.73. The van der Waals surface area contributed by atoms with Crippen molar-refractivity contribution in [2.45, 2.75) is 6.54 Å². The molecular formula is C21H28N3O3+. The summed E-state index contributed by atoms with van der Waals surface area (Å²) in [6.45, 7) is 4.89. The molecule has 27 heavy (non-hydrogen) atoms. The fourth-order valence-electron chi connectivity index (χ4n) is 3.28. The minimum Gasteiger partial charge on any atom is -0.497 e. The molecule has 6 nitrogen and oxygen atoms in total. The Labute approximate surface area is 160 Å². The van der Waals surface area contributed by atoms with Crippen LogP contribution in [-0.2, 0) is 11.3 Å². The molecule has 0 unspecified atom stereocenters. The van der Waals surface area contributed by atoms with E-state index in [0.717, 1.165) is 43.2 Å². The first kappa shape index (κ1) is 19.0. The highest BCUT2D eigenvalue weighted by Gasteiger charge is 2.22. The van der Waals surface area contributed by atoms with Crippen molar-refractivity contribution >= 4 is 11.6 Å². The second kappa shape index (κ2) is 9.28. The van der Waals surface area contributed by atoms with Gasteiger partial charge < -0.3 is 24.6 Å². The van der Waals surface area contributed by atoms with E-state index in [1.807, 2.05) is 36.4 Å². The summed E-state index contributed by atoms with van der Waals surface area (Å²) in [7, 11) is 3.32. The molecule has 1 saturated heterocycles. The number of carbonyl (C=O) groups excluding carboxylic acids is 1. The van der Waals surface area contributed by atoms with Crippen LogP contribution in [-0.4, -0.2) is 52.9 Å². The van der Waals surface area contributed by atoms with Crippen LogP contribution < -0.4 is 24.6 Å². The van der Waals surface area contributed by atoms with Crippen molar-refractivity contribution in [3.8, 4) is 11.5 Å². The van der Waals surface area contributed by atoms with Gasteiger partial charge in [-0.3, -0.25) is 4.79 Å². The minimum absolute atomic E-state index is 0.0960. The van der Waals surface area contributed by atoms with Crippen LogP contribution in [0.25, 0.3) is 0 Å². The van der Waals surface area contributed by atoms with Gasteiger partial charge in [-0.2, -0.15) is 0 Å². The average molecular weight is 370 g/mol. The standard InChI is InChI=1S/C21H27N3O3/c1-26-19-7-3-17(4-8-19)15-22-21(25)16-23-11-13-24(14-12-23)18-5-9-20(27-2)10-6-18/h3-10H,11-16H2,1-2H3,(H,22,25)/p+1. The number of nitrogens with zero attached hydrogens (tertiary/aromatic N) is 1. The molecule has 1 fully saturated rings. The van der Waals surface area contributed by atoms with Crippen LogP contribution in [0.15, 0.2) is 48.5 Å². The molecule has 0 atom stereocenters. The molecule has 1 aliphatic heterocycles. The molecular weight excluding hydrogens is 342 g/mol. The van der Waals surface area contributed by atoms with Crippen molar-refractivity contribution in [3.63, 3.8) is 0 Å². The molecule has 0 radical (unpaired) electrons. The van der Waals surface area contributed by atoms with Gasteiger partial charge in [0.05, 0.1) is 40.4 Å². The highest BCUT2D eigenvalue weighted by molar-refractivity contribution is 5.76. The summed E-state index contributed by atoms with van der Waals surface area (Å²) in [5.74, 6) is 1.79. The zero-order valence-corrected chi connectivity index (χ0v) is 16.0. The number of quaternary nitrogens is 1. The van der Waals surface area contributed by atoms with Gasteiger partial charge in [-0.15, -0.1) is 0 Å². The molecule has 0 spiro atoms. The molecule has 2 N–H and O–H groups in total. The van der Waals surface area contributed by atoms with E-state index >= 15 is 0 Å². The van der Waals surface area contributed by atoms with Gasteiger partial charge in [0.1, 0.15) is 11.5 Å². The Bertz CT molecular complexity index is 723. The van der Waals surface area contributed by atoms with E-state index < -0.39 is 0 Å². The maximum absolute atomic E-state index is 12.2. The molecule has 144 valence electrons. The van der Waals surface area contributed by atoms with Crippen molar-refractivity contribution in [2.24, 2.45) is 0 Å². The van der Waals surface area contributed by atoms with Crippen LogP contribution in [0, 0.1) is 0 Å². The quantitative estimate of drug-likeness (QED) is 0.754. The Morgan fingerprint density at radius 1 is 0.963 bits per heavy atom. The summed E-state index contributed by atoms with van der Waals surface area (Å²) in [4.78, 5) is 15.9. The number of ether oxygens (including phenoxy) is 2. The molecule has 0 aromatic heterocycles. The smallest absolute Gasteiger partial charge is 0.275 e. The molecule has 0 saturated carbocycles. The molecule has 1 amide bonds. The summed E-state index contributed by atoms with van der Waals surface area (Å²) in [5.41, 5.74) is 2.28. The number of rotatable bonds is 7. The lowest BCUT2D eigenvalue weighted by Gasteiger charge is -2.33. The number of hydrogen-bond donors (Lipinski definition) is 2.